The fourth-order valence-corrected chi connectivity index (χ4v) is 4.91. The van der Waals surface area contributed by atoms with Crippen LogP contribution in [-0.4, -0.2) is 29.1 Å². The van der Waals surface area contributed by atoms with Gasteiger partial charge in [-0.2, -0.15) is 0 Å². The van der Waals surface area contributed by atoms with Gasteiger partial charge < -0.3 is 14.4 Å². The lowest BCUT2D eigenvalue weighted by molar-refractivity contribution is 0.0825. The van der Waals surface area contributed by atoms with Crippen molar-refractivity contribution in [3.05, 3.63) is 113 Å². The summed E-state index contributed by atoms with van der Waals surface area (Å²) >= 11 is 0. The number of para-hydroxylation sites is 1. The van der Waals surface area contributed by atoms with E-state index in [1.807, 2.05) is 71.6 Å². The average Bonchev–Trinajstić information content (AvgIpc) is 2.97. The zero-order valence-corrected chi connectivity index (χ0v) is 21.9. The molecular weight excluding hydrogens is 472 g/mol. The minimum absolute atomic E-state index is 0.220. The number of allylic oxidation sites excluding steroid dienone is 1. The van der Waals surface area contributed by atoms with Crippen LogP contribution in [0, 0.1) is 12.8 Å². The number of likely N-dealkylation sites (tertiary alicyclic amines) is 1. The highest BCUT2D eigenvalue weighted by Crippen LogP contribution is 2.32. The van der Waals surface area contributed by atoms with Crippen LogP contribution < -0.4 is 4.74 Å². The number of amides is 1. The van der Waals surface area contributed by atoms with Crippen molar-refractivity contribution in [3.63, 3.8) is 0 Å². The molecule has 1 aliphatic heterocycles. The molecule has 0 atom stereocenters. The molecule has 4 aromatic rings. The van der Waals surface area contributed by atoms with Crippen LogP contribution in [0.5, 0.6) is 5.75 Å². The normalized spacial score (nSPS) is 14.2. The molecule has 0 radical (unpaired) electrons. The molecular formula is C33H34N2O3. The van der Waals surface area contributed by atoms with E-state index in [-0.39, 0.29) is 6.09 Å². The summed E-state index contributed by atoms with van der Waals surface area (Å²) < 4.78 is 11.8. The number of rotatable bonds is 8. The molecule has 0 unspecified atom stereocenters. The highest BCUT2D eigenvalue weighted by molar-refractivity contribution is 5.88. The van der Waals surface area contributed by atoms with Crippen molar-refractivity contribution in [3.8, 4) is 5.75 Å². The van der Waals surface area contributed by atoms with Crippen LogP contribution in [0.2, 0.25) is 0 Å². The van der Waals surface area contributed by atoms with Crippen molar-refractivity contribution in [1.29, 1.82) is 0 Å². The molecule has 0 saturated carbocycles. The number of hydrogen-bond acceptors (Lipinski definition) is 4. The van der Waals surface area contributed by atoms with Crippen molar-refractivity contribution in [2.75, 3.05) is 13.1 Å². The van der Waals surface area contributed by atoms with Gasteiger partial charge in [-0.15, -0.1) is 0 Å². The Labute approximate surface area is 224 Å². The largest absolute Gasteiger partial charge is 0.488 e. The van der Waals surface area contributed by atoms with Gasteiger partial charge in [-0.25, -0.2) is 9.78 Å². The molecule has 3 aromatic carbocycles. The summed E-state index contributed by atoms with van der Waals surface area (Å²) in [5.41, 5.74) is 5.07. The van der Waals surface area contributed by atoms with Crippen molar-refractivity contribution in [1.82, 2.24) is 9.88 Å². The van der Waals surface area contributed by atoms with Crippen LogP contribution in [0.15, 0.2) is 91.0 Å². The molecule has 2 heterocycles. The number of carbonyl (C=O) groups is 1. The second-order valence-electron chi connectivity index (χ2n) is 9.85. The predicted molar refractivity (Wildman–Crippen MR) is 152 cm³/mol. The smallest absolute Gasteiger partial charge is 0.410 e. The van der Waals surface area contributed by atoms with Gasteiger partial charge in [0, 0.05) is 24.0 Å². The van der Waals surface area contributed by atoms with Gasteiger partial charge in [0.2, 0.25) is 0 Å². The molecule has 1 aromatic heterocycles. The Kier molecular flexibility index (Phi) is 8.34. The molecule has 0 bridgehead atoms. The molecule has 5 nitrogen and oxygen atoms in total. The van der Waals surface area contributed by atoms with E-state index in [2.05, 4.69) is 37.3 Å². The van der Waals surface area contributed by atoms with Crippen molar-refractivity contribution >= 4 is 23.1 Å². The minimum atomic E-state index is -0.220. The monoisotopic (exact) mass is 506 g/mol. The van der Waals surface area contributed by atoms with Crippen LogP contribution in [0.1, 0.15) is 41.6 Å². The zero-order chi connectivity index (χ0) is 26.2. The maximum absolute atomic E-state index is 12.5. The summed E-state index contributed by atoms with van der Waals surface area (Å²) in [7, 11) is 0. The number of piperidine rings is 1. The van der Waals surface area contributed by atoms with E-state index in [0.717, 1.165) is 71.4 Å². The van der Waals surface area contributed by atoms with Crippen LogP contribution in [0.25, 0.3) is 17.0 Å². The molecule has 1 amide bonds. The molecule has 0 aliphatic carbocycles. The Balaban J connectivity index is 1.18. The van der Waals surface area contributed by atoms with Crippen LogP contribution in [-0.2, 0) is 18.0 Å². The molecule has 1 fully saturated rings. The number of benzene rings is 3. The van der Waals surface area contributed by atoms with Gasteiger partial charge in [0.25, 0.3) is 0 Å². The first-order valence-corrected chi connectivity index (χ1v) is 13.4. The Hall–Kier alpha value is -4.12. The van der Waals surface area contributed by atoms with E-state index in [1.54, 1.807) is 0 Å². The molecule has 194 valence electrons. The second kappa shape index (κ2) is 12.4. The van der Waals surface area contributed by atoms with Crippen molar-refractivity contribution < 1.29 is 14.3 Å². The van der Waals surface area contributed by atoms with Gasteiger partial charge in [0.15, 0.2) is 0 Å². The number of fused-ring (bicyclic) bond motifs is 1. The number of aromatic nitrogens is 1. The van der Waals surface area contributed by atoms with Gasteiger partial charge in [0.05, 0.1) is 11.2 Å². The quantitative estimate of drug-likeness (QED) is 0.247. The first kappa shape index (κ1) is 25.5. The average molecular weight is 507 g/mol. The molecule has 5 rings (SSSR count). The number of carbonyl (C=O) groups excluding carboxylic acids is 1. The van der Waals surface area contributed by atoms with Crippen LogP contribution >= 0.6 is 0 Å². The lowest BCUT2D eigenvalue weighted by Gasteiger charge is -2.30. The van der Waals surface area contributed by atoms with Gasteiger partial charge in [-0.1, -0.05) is 78.9 Å². The third-order valence-corrected chi connectivity index (χ3v) is 7.16. The fourth-order valence-electron chi connectivity index (χ4n) is 4.91. The van der Waals surface area contributed by atoms with Gasteiger partial charge in [-0.05, 0) is 61.4 Å². The van der Waals surface area contributed by atoms with Crippen molar-refractivity contribution in [2.45, 2.75) is 39.4 Å². The highest BCUT2D eigenvalue weighted by atomic mass is 16.6. The van der Waals surface area contributed by atoms with Crippen LogP contribution in [0.3, 0.4) is 0 Å². The molecule has 5 heteroatoms. The van der Waals surface area contributed by atoms with Crippen molar-refractivity contribution in [2.24, 2.45) is 5.92 Å². The summed E-state index contributed by atoms with van der Waals surface area (Å²) in [5, 5.41) is 1.03. The van der Waals surface area contributed by atoms with E-state index in [0.29, 0.717) is 19.1 Å². The van der Waals surface area contributed by atoms with Crippen LogP contribution in [0.4, 0.5) is 4.79 Å². The van der Waals surface area contributed by atoms with E-state index < -0.39 is 0 Å². The summed E-state index contributed by atoms with van der Waals surface area (Å²) in [4.78, 5) is 19.2. The predicted octanol–water partition coefficient (Wildman–Crippen LogP) is 7.57. The highest BCUT2D eigenvalue weighted by Gasteiger charge is 2.23. The van der Waals surface area contributed by atoms with E-state index in [9.17, 15) is 4.79 Å². The van der Waals surface area contributed by atoms with Gasteiger partial charge in [-0.3, -0.25) is 0 Å². The fraction of sp³-hybridized carbons (Fsp3) is 0.273. The number of hydrogen-bond donors (Lipinski definition) is 0. The zero-order valence-electron chi connectivity index (χ0n) is 21.9. The third kappa shape index (κ3) is 6.41. The maximum Gasteiger partial charge on any atom is 0.410 e. The first-order valence-electron chi connectivity index (χ1n) is 13.4. The van der Waals surface area contributed by atoms with E-state index in [4.69, 9.17) is 14.5 Å². The Morgan fingerprint density at radius 2 is 1.53 bits per heavy atom. The van der Waals surface area contributed by atoms with E-state index in [1.165, 1.54) is 0 Å². The summed E-state index contributed by atoms with van der Waals surface area (Å²) in [6.07, 6.45) is 7.03. The summed E-state index contributed by atoms with van der Waals surface area (Å²) in [5.74, 6) is 1.43. The molecule has 0 N–H and O–H groups in total. The van der Waals surface area contributed by atoms with E-state index >= 15 is 0 Å². The molecule has 1 saturated heterocycles. The lowest BCUT2D eigenvalue weighted by Crippen LogP contribution is -2.38. The standard InChI is InChI=1S/C33H34N2O3/c1-25-30(34-31-17-9-8-16-29(31)32(25)37-23-27-11-4-2-5-12-27)18-10-15-26-19-21-35(22-20-26)33(36)38-24-28-13-6-3-7-14-28/h2-14,16-18,26H,15,19-24H2,1H3/b18-10+. The number of pyridine rings is 1. The molecule has 1 aliphatic rings. The third-order valence-electron chi connectivity index (χ3n) is 7.16. The Morgan fingerprint density at radius 1 is 0.895 bits per heavy atom. The summed E-state index contributed by atoms with van der Waals surface area (Å²) in [6.45, 7) is 4.38. The Bertz CT molecular complexity index is 1380. The van der Waals surface area contributed by atoms with Gasteiger partial charge in [0.1, 0.15) is 19.0 Å². The second-order valence-corrected chi connectivity index (χ2v) is 9.85. The minimum Gasteiger partial charge on any atom is -0.488 e. The molecule has 38 heavy (non-hydrogen) atoms. The summed E-state index contributed by atoms with van der Waals surface area (Å²) in [6, 6.07) is 28.2. The Morgan fingerprint density at radius 3 is 2.24 bits per heavy atom. The first-order chi connectivity index (χ1) is 18.7. The maximum atomic E-state index is 12.5. The SMILES string of the molecule is Cc1c(/C=C/CC2CCN(C(=O)OCc3ccccc3)CC2)nc2ccccc2c1OCc1ccccc1. The number of nitrogens with zero attached hydrogens (tertiary/aromatic N) is 2. The lowest BCUT2D eigenvalue weighted by atomic mass is 9.93. The van der Waals surface area contributed by atoms with Gasteiger partial charge >= 0.3 is 6.09 Å². The topological polar surface area (TPSA) is 51.7 Å². The molecule has 0 spiro atoms. The number of ether oxygens (including phenoxy) is 2.